The number of nitrogens with zero attached hydrogens (tertiary/aromatic N) is 2. The second-order valence-electron chi connectivity index (χ2n) is 10.0. The number of hydrogen-bond acceptors (Lipinski definition) is 0. The van der Waals surface area contributed by atoms with E-state index in [0.717, 1.165) is 6.42 Å². The van der Waals surface area contributed by atoms with Crippen molar-refractivity contribution >= 4 is 44.5 Å². The summed E-state index contributed by atoms with van der Waals surface area (Å²) in [7, 11) is 0. The molecule has 2 aromatic heterocycles. The fourth-order valence-electron chi connectivity index (χ4n) is 5.94. The molecule has 0 fully saturated rings. The van der Waals surface area contributed by atoms with Gasteiger partial charge >= 0.3 is 0 Å². The predicted molar refractivity (Wildman–Crippen MR) is 171 cm³/mol. The molecule has 0 bridgehead atoms. The molecule has 0 atom stereocenters. The molecule has 0 aliphatic rings. The maximum Gasteiger partial charge on any atom is 0.0541 e. The Kier molecular flexibility index (Phi) is 6.54. The molecular formula is C37H34N2. The van der Waals surface area contributed by atoms with Gasteiger partial charge in [0.2, 0.25) is 0 Å². The molecule has 0 radical (unpaired) electrons. The van der Waals surface area contributed by atoms with Crippen molar-refractivity contribution in [1.82, 2.24) is 9.13 Å². The lowest BCUT2D eigenvalue weighted by atomic mass is 10.00. The van der Waals surface area contributed by atoms with Crippen molar-refractivity contribution in [2.45, 2.75) is 34.1 Å². The van der Waals surface area contributed by atoms with Crippen LogP contribution in [0.25, 0.3) is 61.3 Å². The fourth-order valence-corrected chi connectivity index (χ4v) is 5.94. The molecule has 2 nitrogen and oxygen atoms in total. The Labute approximate surface area is 230 Å². The molecule has 0 saturated carbocycles. The van der Waals surface area contributed by atoms with E-state index in [4.69, 9.17) is 0 Å². The van der Waals surface area contributed by atoms with E-state index in [1.165, 1.54) is 66.5 Å². The lowest BCUT2D eigenvalue weighted by molar-refractivity contribution is 1.00. The summed E-state index contributed by atoms with van der Waals surface area (Å²) in [6.45, 7) is 8.62. The molecule has 0 spiro atoms. The van der Waals surface area contributed by atoms with E-state index in [0.29, 0.717) is 0 Å². The normalized spacial score (nSPS) is 12.7. The van der Waals surface area contributed by atoms with Gasteiger partial charge in [0, 0.05) is 38.8 Å². The molecule has 6 aromatic rings. The van der Waals surface area contributed by atoms with Crippen LogP contribution in [0, 0.1) is 6.92 Å². The highest BCUT2D eigenvalue weighted by Gasteiger charge is 2.17. The van der Waals surface area contributed by atoms with Crippen molar-refractivity contribution < 1.29 is 0 Å². The summed E-state index contributed by atoms with van der Waals surface area (Å²) in [4.78, 5) is 0. The van der Waals surface area contributed by atoms with Gasteiger partial charge in [-0.1, -0.05) is 79.8 Å². The third kappa shape index (κ3) is 4.13. The Hall–Kier alpha value is -4.56. The van der Waals surface area contributed by atoms with E-state index in [1.807, 2.05) is 0 Å². The van der Waals surface area contributed by atoms with Crippen LogP contribution < -0.4 is 0 Å². The van der Waals surface area contributed by atoms with E-state index >= 15 is 0 Å². The van der Waals surface area contributed by atoms with Crippen molar-refractivity contribution in [1.29, 1.82) is 0 Å². The van der Waals surface area contributed by atoms with Crippen molar-refractivity contribution in [3.8, 4) is 16.8 Å². The molecule has 0 unspecified atom stereocenters. The van der Waals surface area contributed by atoms with E-state index in [1.54, 1.807) is 0 Å². The first-order valence-electron chi connectivity index (χ1n) is 13.8. The molecule has 2 heteroatoms. The Bertz CT molecular complexity index is 1910. The number of rotatable bonds is 6. The quantitative estimate of drug-likeness (QED) is 0.199. The summed E-state index contributed by atoms with van der Waals surface area (Å²) in [5.74, 6) is 0. The van der Waals surface area contributed by atoms with Crippen LogP contribution in [-0.2, 0) is 0 Å². The molecule has 0 aliphatic carbocycles. The summed E-state index contributed by atoms with van der Waals surface area (Å²) in [6, 6.07) is 33.2. The van der Waals surface area contributed by atoms with Crippen LogP contribution in [-0.4, -0.2) is 9.13 Å². The van der Waals surface area contributed by atoms with Crippen LogP contribution in [0.15, 0.2) is 115 Å². The molecule has 4 aromatic carbocycles. The molecule has 0 amide bonds. The van der Waals surface area contributed by atoms with E-state index < -0.39 is 0 Å². The largest absolute Gasteiger partial charge is 0.317 e. The van der Waals surface area contributed by atoms with Crippen molar-refractivity contribution in [2.24, 2.45) is 0 Å². The second-order valence-corrected chi connectivity index (χ2v) is 10.0. The van der Waals surface area contributed by atoms with Gasteiger partial charge in [-0.2, -0.15) is 0 Å². The van der Waals surface area contributed by atoms with Crippen LogP contribution in [0.2, 0.25) is 0 Å². The van der Waals surface area contributed by atoms with Crippen LogP contribution in [0.3, 0.4) is 0 Å². The molecule has 192 valence electrons. The Morgan fingerprint density at radius 2 is 1.36 bits per heavy atom. The molecule has 2 heterocycles. The van der Waals surface area contributed by atoms with Gasteiger partial charge in [0.1, 0.15) is 0 Å². The van der Waals surface area contributed by atoms with E-state index in [-0.39, 0.29) is 0 Å². The fraction of sp³-hybridized carbons (Fsp3) is 0.135. The van der Waals surface area contributed by atoms with Gasteiger partial charge in [0.05, 0.1) is 16.6 Å². The monoisotopic (exact) mass is 506 g/mol. The molecular weight excluding hydrogens is 472 g/mol. The van der Waals surface area contributed by atoms with Gasteiger partial charge in [-0.3, -0.25) is 0 Å². The summed E-state index contributed by atoms with van der Waals surface area (Å²) >= 11 is 0. The van der Waals surface area contributed by atoms with Gasteiger partial charge in [0.25, 0.3) is 0 Å². The highest BCUT2D eigenvalue weighted by Crippen LogP contribution is 2.37. The zero-order valence-corrected chi connectivity index (χ0v) is 23.1. The smallest absolute Gasteiger partial charge is 0.0541 e. The van der Waals surface area contributed by atoms with Gasteiger partial charge in [0.15, 0.2) is 0 Å². The van der Waals surface area contributed by atoms with Crippen LogP contribution in [0.4, 0.5) is 0 Å². The molecule has 0 aliphatic heterocycles. The Morgan fingerprint density at radius 1 is 0.692 bits per heavy atom. The average molecular weight is 507 g/mol. The second kappa shape index (κ2) is 10.3. The summed E-state index contributed by atoms with van der Waals surface area (Å²) in [5, 5.41) is 3.84. The Balaban J connectivity index is 1.57. The van der Waals surface area contributed by atoms with Gasteiger partial charge in [-0.15, -0.1) is 0 Å². The van der Waals surface area contributed by atoms with Crippen LogP contribution in [0.1, 0.15) is 38.4 Å². The lowest BCUT2D eigenvalue weighted by Crippen LogP contribution is -1.98. The first-order chi connectivity index (χ1) is 19.2. The minimum atomic E-state index is 0.966. The van der Waals surface area contributed by atoms with Gasteiger partial charge in [-0.05, 0) is 86.9 Å². The van der Waals surface area contributed by atoms with Gasteiger partial charge in [-0.25, -0.2) is 0 Å². The third-order valence-corrected chi connectivity index (χ3v) is 7.74. The first-order valence-corrected chi connectivity index (χ1v) is 13.8. The lowest BCUT2D eigenvalue weighted by Gasteiger charge is -2.12. The average Bonchev–Trinajstić information content (AvgIpc) is 3.45. The first kappa shape index (κ1) is 24.8. The maximum atomic E-state index is 2.42. The molecule has 39 heavy (non-hydrogen) atoms. The number of para-hydroxylation sites is 2. The van der Waals surface area contributed by atoms with Crippen molar-refractivity contribution in [3.05, 3.63) is 127 Å². The minimum absolute atomic E-state index is 0.966. The number of aromatic nitrogens is 2. The maximum absolute atomic E-state index is 2.42. The summed E-state index contributed by atoms with van der Waals surface area (Å²) in [5.41, 5.74) is 11.2. The third-order valence-electron chi connectivity index (χ3n) is 7.74. The summed E-state index contributed by atoms with van der Waals surface area (Å²) in [6.07, 6.45) is 11.8. The van der Waals surface area contributed by atoms with Crippen LogP contribution >= 0.6 is 0 Å². The number of benzene rings is 4. The molecule has 0 saturated heterocycles. The standard InChI is InChI=1S/C37H34N2/c1-5-8-15-29(7-3)38-26(4)31(14-6-2)33-24-27(20-22-36(33)38)28-21-23-37-34(25-28)32-18-12-13-19-35(32)39(37)30-16-10-9-11-17-30/h5-6,8-25H,7H2,1-4H3/b8-5-,14-6-,29-15+. The SMILES string of the molecule is C/C=C\C=C(/CC)n1c(C)c(/C=C\C)c2cc(-c3ccc4c(c3)c3ccccc3n4-c3ccccc3)ccc21. The van der Waals surface area contributed by atoms with E-state index in [2.05, 4.69) is 158 Å². The zero-order valence-electron chi connectivity index (χ0n) is 23.1. The number of allylic oxidation sites excluding steroid dienone is 5. The van der Waals surface area contributed by atoms with E-state index in [9.17, 15) is 0 Å². The zero-order chi connectivity index (χ0) is 26.9. The molecule has 6 rings (SSSR count). The number of fused-ring (bicyclic) bond motifs is 4. The highest BCUT2D eigenvalue weighted by atomic mass is 15.0. The van der Waals surface area contributed by atoms with Crippen LogP contribution in [0.5, 0.6) is 0 Å². The number of hydrogen-bond donors (Lipinski definition) is 0. The molecule has 0 N–H and O–H groups in total. The van der Waals surface area contributed by atoms with Crippen molar-refractivity contribution in [3.63, 3.8) is 0 Å². The van der Waals surface area contributed by atoms with Gasteiger partial charge < -0.3 is 9.13 Å². The topological polar surface area (TPSA) is 9.86 Å². The predicted octanol–water partition coefficient (Wildman–Crippen LogP) is 10.6. The van der Waals surface area contributed by atoms with Crippen molar-refractivity contribution in [2.75, 3.05) is 0 Å². The Morgan fingerprint density at radius 3 is 2.08 bits per heavy atom. The minimum Gasteiger partial charge on any atom is -0.317 e. The highest BCUT2D eigenvalue weighted by molar-refractivity contribution is 6.10. The summed E-state index contributed by atoms with van der Waals surface area (Å²) < 4.78 is 4.79.